The number of hydrogen-bond donors (Lipinski definition) is 1. The maximum Gasteiger partial charge on any atom is 0.225 e. The molecule has 0 aliphatic heterocycles. The van der Waals surface area contributed by atoms with Crippen LogP contribution in [0.2, 0.25) is 0 Å². The fourth-order valence-electron chi connectivity index (χ4n) is 3.32. The summed E-state index contributed by atoms with van der Waals surface area (Å²) < 4.78 is 2.04. The molecule has 0 saturated heterocycles. The molecule has 0 unspecified atom stereocenters. The second kappa shape index (κ2) is 6.52. The Labute approximate surface area is 137 Å². The molecule has 1 saturated carbocycles. The van der Waals surface area contributed by atoms with Gasteiger partial charge in [0, 0.05) is 18.0 Å². The Morgan fingerprint density at radius 1 is 1.35 bits per heavy atom. The molecular weight excluding hydrogens is 288 g/mol. The first-order valence-corrected chi connectivity index (χ1v) is 8.31. The van der Waals surface area contributed by atoms with Crippen molar-refractivity contribution in [2.45, 2.75) is 52.0 Å². The highest BCUT2D eigenvalue weighted by molar-refractivity contribution is 5.91. The van der Waals surface area contributed by atoms with Crippen LogP contribution >= 0.6 is 0 Å². The van der Waals surface area contributed by atoms with Gasteiger partial charge >= 0.3 is 0 Å². The lowest BCUT2D eigenvalue weighted by Gasteiger charge is -2.33. The Balaban J connectivity index is 1.62. The molecular formula is C18H24N4O. The summed E-state index contributed by atoms with van der Waals surface area (Å²) in [6.07, 6.45) is 2.76. The van der Waals surface area contributed by atoms with E-state index in [9.17, 15) is 4.79 Å². The number of nitrogens with zero attached hydrogens (tertiary/aromatic N) is 3. The van der Waals surface area contributed by atoms with Crippen molar-refractivity contribution >= 4 is 11.6 Å². The molecule has 0 spiro atoms. The van der Waals surface area contributed by atoms with Crippen molar-refractivity contribution in [2.75, 3.05) is 5.32 Å². The fourth-order valence-corrected chi connectivity index (χ4v) is 3.32. The number of benzene rings is 1. The standard InChI is InChI=1S/C18H24N4O/c1-12-9-16(10-12)22-14(3)18(20-21-22)13(2)11-17(23)19-15-7-5-4-6-8-15/h4-8,12-13,16H,9-11H2,1-3H3,(H,19,23)/t12?,13-,16?/m0/s1. The van der Waals surface area contributed by atoms with Crippen LogP contribution in [0.25, 0.3) is 0 Å². The van der Waals surface area contributed by atoms with E-state index < -0.39 is 0 Å². The zero-order valence-electron chi connectivity index (χ0n) is 14.0. The van der Waals surface area contributed by atoms with Crippen molar-refractivity contribution in [3.05, 3.63) is 41.7 Å². The van der Waals surface area contributed by atoms with Gasteiger partial charge in [-0.05, 0) is 37.8 Å². The van der Waals surface area contributed by atoms with Crippen LogP contribution in [0.5, 0.6) is 0 Å². The molecule has 1 N–H and O–H groups in total. The third-order valence-electron chi connectivity index (χ3n) is 4.67. The van der Waals surface area contributed by atoms with Gasteiger partial charge in [-0.1, -0.05) is 37.3 Å². The maximum absolute atomic E-state index is 12.2. The van der Waals surface area contributed by atoms with Crippen molar-refractivity contribution in [1.29, 1.82) is 0 Å². The Kier molecular flexibility index (Phi) is 4.46. The van der Waals surface area contributed by atoms with Gasteiger partial charge in [-0.15, -0.1) is 5.10 Å². The summed E-state index contributed by atoms with van der Waals surface area (Å²) in [5.41, 5.74) is 2.86. The quantitative estimate of drug-likeness (QED) is 0.916. The molecule has 23 heavy (non-hydrogen) atoms. The molecule has 1 amide bonds. The second-order valence-electron chi connectivity index (χ2n) is 6.75. The summed E-state index contributed by atoms with van der Waals surface area (Å²) in [5, 5.41) is 11.6. The number of carbonyl (C=O) groups excluding carboxylic acids is 1. The van der Waals surface area contributed by atoms with Crippen LogP contribution in [0, 0.1) is 12.8 Å². The van der Waals surface area contributed by atoms with E-state index in [0.717, 1.165) is 23.0 Å². The molecule has 1 aliphatic carbocycles. The van der Waals surface area contributed by atoms with Gasteiger partial charge in [0.25, 0.3) is 0 Å². The highest BCUT2D eigenvalue weighted by Gasteiger charge is 2.30. The molecule has 5 heteroatoms. The molecule has 0 radical (unpaired) electrons. The van der Waals surface area contributed by atoms with Crippen molar-refractivity contribution < 1.29 is 4.79 Å². The monoisotopic (exact) mass is 312 g/mol. The molecule has 2 aromatic rings. The van der Waals surface area contributed by atoms with Gasteiger partial charge in [-0.3, -0.25) is 4.79 Å². The third kappa shape index (κ3) is 3.44. The van der Waals surface area contributed by atoms with Crippen LogP contribution in [0.1, 0.15) is 56.5 Å². The third-order valence-corrected chi connectivity index (χ3v) is 4.67. The molecule has 1 fully saturated rings. The number of para-hydroxylation sites is 1. The van der Waals surface area contributed by atoms with Crippen LogP contribution in [-0.4, -0.2) is 20.9 Å². The topological polar surface area (TPSA) is 59.8 Å². The van der Waals surface area contributed by atoms with E-state index in [1.165, 1.54) is 12.8 Å². The molecule has 1 aromatic carbocycles. The first-order chi connectivity index (χ1) is 11.0. The van der Waals surface area contributed by atoms with E-state index in [4.69, 9.17) is 0 Å². The summed E-state index contributed by atoms with van der Waals surface area (Å²) in [5.74, 6) is 0.848. The van der Waals surface area contributed by atoms with E-state index in [0.29, 0.717) is 12.5 Å². The second-order valence-corrected chi connectivity index (χ2v) is 6.75. The molecule has 5 nitrogen and oxygen atoms in total. The van der Waals surface area contributed by atoms with Crippen molar-refractivity contribution in [1.82, 2.24) is 15.0 Å². The van der Waals surface area contributed by atoms with Gasteiger partial charge in [0.15, 0.2) is 0 Å². The minimum Gasteiger partial charge on any atom is -0.326 e. The number of rotatable bonds is 5. The lowest BCUT2D eigenvalue weighted by atomic mass is 9.82. The van der Waals surface area contributed by atoms with E-state index in [1.54, 1.807) is 0 Å². The van der Waals surface area contributed by atoms with E-state index in [1.807, 2.05) is 41.9 Å². The fraction of sp³-hybridized carbons (Fsp3) is 0.500. The van der Waals surface area contributed by atoms with E-state index in [-0.39, 0.29) is 11.8 Å². The van der Waals surface area contributed by atoms with Gasteiger partial charge in [0.2, 0.25) is 5.91 Å². The van der Waals surface area contributed by atoms with Crippen LogP contribution in [-0.2, 0) is 4.79 Å². The van der Waals surface area contributed by atoms with E-state index in [2.05, 4.69) is 29.5 Å². The maximum atomic E-state index is 12.2. The summed E-state index contributed by atoms with van der Waals surface area (Å²) in [7, 11) is 0. The molecule has 1 atom stereocenters. The number of aromatic nitrogens is 3. The minimum absolute atomic E-state index is 0.00918. The van der Waals surface area contributed by atoms with Gasteiger partial charge in [0.1, 0.15) is 0 Å². The number of nitrogens with one attached hydrogen (secondary N) is 1. The zero-order valence-corrected chi connectivity index (χ0v) is 14.0. The smallest absolute Gasteiger partial charge is 0.225 e. The predicted molar refractivity (Wildman–Crippen MR) is 90.3 cm³/mol. The van der Waals surface area contributed by atoms with E-state index >= 15 is 0 Å². The molecule has 1 aromatic heterocycles. The summed E-state index contributed by atoms with van der Waals surface area (Å²) in [6, 6.07) is 10.0. The summed E-state index contributed by atoms with van der Waals surface area (Å²) in [6.45, 7) is 6.36. The van der Waals surface area contributed by atoms with Crippen molar-refractivity contribution in [2.24, 2.45) is 5.92 Å². The molecule has 122 valence electrons. The van der Waals surface area contributed by atoms with Crippen LogP contribution < -0.4 is 5.32 Å². The van der Waals surface area contributed by atoms with Crippen LogP contribution in [0.15, 0.2) is 30.3 Å². The number of hydrogen-bond acceptors (Lipinski definition) is 3. The van der Waals surface area contributed by atoms with Gasteiger partial charge in [-0.2, -0.15) is 0 Å². The van der Waals surface area contributed by atoms with Gasteiger partial charge < -0.3 is 5.32 Å². The number of anilines is 1. The lowest BCUT2D eigenvalue weighted by molar-refractivity contribution is -0.116. The zero-order chi connectivity index (χ0) is 16.4. The Morgan fingerprint density at radius 3 is 2.70 bits per heavy atom. The molecule has 0 bridgehead atoms. The Morgan fingerprint density at radius 2 is 2.04 bits per heavy atom. The highest BCUT2D eigenvalue weighted by Crippen LogP contribution is 2.38. The van der Waals surface area contributed by atoms with Crippen LogP contribution in [0.3, 0.4) is 0 Å². The summed E-state index contributed by atoms with van der Waals surface area (Å²) >= 11 is 0. The first-order valence-electron chi connectivity index (χ1n) is 8.31. The number of carbonyl (C=O) groups is 1. The minimum atomic E-state index is 0.00918. The Hall–Kier alpha value is -2.17. The highest BCUT2D eigenvalue weighted by atomic mass is 16.1. The normalized spacial score (nSPS) is 21.5. The number of amides is 1. The molecule has 3 rings (SSSR count). The Bertz CT molecular complexity index is 674. The SMILES string of the molecule is Cc1c([C@@H](C)CC(=O)Nc2ccccc2)nnn1C1CC(C)C1. The lowest BCUT2D eigenvalue weighted by Crippen LogP contribution is -2.26. The van der Waals surface area contributed by atoms with Gasteiger partial charge in [0.05, 0.1) is 17.4 Å². The largest absolute Gasteiger partial charge is 0.326 e. The first kappa shape index (κ1) is 15.7. The molecule has 1 heterocycles. The van der Waals surface area contributed by atoms with Gasteiger partial charge in [-0.25, -0.2) is 4.68 Å². The van der Waals surface area contributed by atoms with Crippen molar-refractivity contribution in [3.8, 4) is 0 Å². The average Bonchev–Trinajstić information content (AvgIpc) is 2.86. The predicted octanol–water partition coefficient (Wildman–Crippen LogP) is 3.69. The van der Waals surface area contributed by atoms with Crippen molar-refractivity contribution in [3.63, 3.8) is 0 Å². The summed E-state index contributed by atoms with van der Waals surface area (Å²) in [4.78, 5) is 12.2. The average molecular weight is 312 g/mol. The molecule has 1 aliphatic rings. The van der Waals surface area contributed by atoms with Crippen LogP contribution in [0.4, 0.5) is 5.69 Å².